The number of sulfonamides is 1. The lowest BCUT2D eigenvalue weighted by atomic mass is 10.2. The van der Waals surface area contributed by atoms with Gasteiger partial charge in [-0.1, -0.05) is 18.2 Å². The Labute approximate surface area is 169 Å². The lowest BCUT2D eigenvalue weighted by Gasteiger charge is -2.13. The number of hydrogen-bond acceptors (Lipinski definition) is 4. The molecule has 0 saturated heterocycles. The van der Waals surface area contributed by atoms with E-state index in [1.165, 1.54) is 6.07 Å². The predicted octanol–water partition coefficient (Wildman–Crippen LogP) is 5.03. The number of anilines is 2. The highest BCUT2D eigenvalue weighted by Gasteiger charge is 2.19. The molecule has 0 radical (unpaired) electrons. The van der Waals surface area contributed by atoms with Crippen LogP contribution in [0.5, 0.6) is 0 Å². The van der Waals surface area contributed by atoms with E-state index in [1.54, 1.807) is 48.6 Å². The quantitative estimate of drug-likeness (QED) is 0.614. The normalized spacial score (nSPS) is 11.3. The van der Waals surface area contributed by atoms with Crippen molar-refractivity contribution in [3.05, 3.63) is 75.0 Å². The first-order chi connectivity index (χ1) is 13.2. The molecule has 5 nitrogen and oxygen atoms in total. The summed E-state index contributed by atoms with van der Waals surface area (Å²) in [5.41, 5.74) is 3.09. The lowest BCUT2D eigenvalue weighted by molar-refractivity contribution is 0.102. The molecule has 0 atom stereocenters. The Morgan fingerprint density at radius 3 is 2.32 bits per heavy atom. The van der Waals surface area contributed by atoms with Crippen LogP contribution >= 0.6 is 11.3 Å². The molecule has 0 spiro atoms. The summed E-state index contributed by atoms with van der Waals surface area (Å²) in [6.45, 7) is 7.46. The number of amides is 1. The van der Waals surface area contributed by atoms with Crippen molar-refractivity contribution < 1.29 is 13.2 Å². The zero-order valence-electron chi connectivity index (χ0n) is 16.2. The van der Waals surface area contributed by atoms with Crippen LogP contribution in [0.1, 0.15) is 31.2 Å². The number of nitrogens with one attached hydrogen (secondary N) is 2. The predicted molar refractivity (Wildman–Crippen MR) is 115 cm³/mol. The van der Waals surface area contributed by atoms with Crippen LogP contribution in [0.3, 0.4) is 0 Å². The van der Waals surface area contributed by atoms with E-state index in [0.717, 1.165) is 15.3 Å². The summed E-state index contributed by atoms with van der Waals surface area (Å²) in [5, 5.41) is 2.80. The molecule has 1 aromatic heterocycles. The number of benzene rings is 2. The van der Waals surface area contributed by atoms with Gasteiger partial charge in [0, 0.05) is 21.1 Å². The van der Waals surface area contributed by atoms with Gasteiger partial charge >= 0.3 is 0 Å². The number of rotatable bonds is 5. The van der Waals surface area contributed by atoms with Crippen molar-refractivity contribution in [1.82, 2.24) is 0 Å². The van der Waals surface area contributed by atoms with E-state index in [-0.39, 0.29) is 10.8 Å². The van der Waals surface area contributed by atoms with Gasteiger partial charge in [0.2, 0.25) is 0 Å². The first kappa shape index (κ1) is 20.1. The average Bonchev–Trinajstić information content (AvgIpc) is 2.94. The average molecular weight is 415 g/mol. The molecular weight excluding hydrogens is 392 g/mol. The van der Waals surface area contributed by atoms with E-state index in [4.69, 9.17) is 0 Å². The lowest BCUT2D eigenvalue weighted by Crippen LogP contribution is -2.16. The maximum Gasteiger partial charge on any atom is 0.262 e. The van der Waals surface area contributed by atoms with Gasteiger partial charge in [-0.05, 0) is 69.2 Å². The Hall–Kier alpha value is -2.64. The third-order valence-electron chi connectivity index (χ3n) is 4.29. The van der Waals surface area contributed by atoms with E-state index in [1.807, 2.05) is 32.9 Å². The molecule has 28 heavy (non-hydrogen) atoms. The maximum absolute atomic E-state index is 12.9. The minimum absolute atomic E-state index is 0.130. The third-order valence-corrected chi connectivity index (χ3v) is 6.78. The van der Waals surface area contributed by atoms with Gasteiger partial charge in [0.1, 0.15) is 0 Å². The standard InChI is InChI=1S/C21H22N2O3S2/c1-13-6-5-7-18(10-13)23-28(25,26)20-12-17(9-8-14(20)2)22-21(24)19-11-15(3)27-16(19)4/h5-12,23H,1-4H3,(H,22,24). The molecule has 146 valence electrons. The van der Waals surface area contributed by atoms with Crippen molar-refractivity contribution in [2.75, 3.05) is 10.0 Å². The molecule has 2 aromatic carbocycles. The van der Waals surface area contributed by atoms with Gasteiger partial charge in [-0.25, -0.2) is 8.42 Å². The minimum atomic E-state index is -3.79. The first-order valence-electron chi connectivity index (χ1n) is 8.74. The van der Waals surface area contributed by atoms with Gasteiger partial charge in [-0.3, -0.25) is 9.52 Å². The molecule has 0 bridgehead atoms. The molecule has 2 N–H and O–H groups in total. The van der Waals surface area contributed by atoms with E-state index >= 15 is 0 Å². The van der Waals surface area contributed by atoms with E-state index < -0.39 is 10.0 Å². The topological polar surface area (TPSA) is 75.3 Å². The van der Waals surface area contributed by atoms with Crippen molar-refractivity contribution in [1.29, 1.82) is 0 Å². The second kappa shape index (κ2) is 7.77. The van der Waals surface area contributed by atoms with Gasteiger partial charge in [-0.15, -0.1) is 11.3 Å². The van der Waals surface area contributed by atoms with Crippen LogP contribution in [-0.2, 0) is 10.0 Å². The summed E-state index contributed by atoms with van der Waals surface area (Å²) in [6.07, 6.45) is 0. The molecule has 7 heteroatoms. The maximum atomic E-state index is 12.9. The fraction of sp³-hybridized carbons (Fsp3) is 0.190. The number of carbonyl (C=O) groups is 1. The molecule has 3 aromatic rings. The van der Waals surface area contributed by atoms with Crippen molar-refractivity contribution in [2.24, 2.45) is 0 Å². The Morgan fingerprint density at radius 1 is 0.929 bits per heavy atom. The third kappa shape index (κ3) is 4.43. The van der Waals surface area contributed by atoms with Gasteiger partial charge < -0.3 is 5.32 Å². The van der Waals surface area contributed by atoms with E-state index in [2.05, 4.69) is 10.0 Å². The Balaban J connectivity index is 1.88. The highest BCUT2D eigenvalue weighted by molar-refractivity contribution is 7.92. The minimum Gasteiger partial charge on any atom is -0.322 e. The molecule has 1 amide bonds. The van der Waals surface area contributed by atoms with Gasteiger partial charge in [0.25, 0.3) is 15.9 Å². The molecule has 0 aliphatic carbocycles. The molecule has 1 heterocycles. The smallest absolute Gasteiger partial charge is 0.262 e. The highest BCUT2D eigenvalue weighted by Crippen LogP contribution is 2.25. The van der Waals surface area contributed by atoms with Crippen molar-refractivity contribution in [3.8, 4) is 0 Å². The van der Waals surface area contributed by atoms with Gasteiger partial charge in [0.05, 0.1) is 10.5 Å². The summed E-state index contributed by atoms with van der Waals surface area (Å²) >= 11 is 1.55. The summed E-state index contributed by atoms with van der Waals surface area (Å²) in [6, 6.07) is 13.9. The second-order valence-electron chi connectivity index (χ2n) is 6.74. The zero-order valence-corrected chi connectivity index (χ0v) is 17.8. The number of carbonyl (C=O) groups excluding carboxylic acids is 1. The fourth-order valence-corrected chi connectivity index (χ4v) is 5.18. The largest absolute Gasteiger partial charge is 0.322 e. The molecular formula is C21H22N2O3S2. The summed E-state index contributed by atoms with van der Waals surface area (Å²) in [4.78, 5) is 14.7. The Kier molecular flexibility index (Phi) is 5.58. The summed E-state index contributed by atoms with van der Waals surface area (Å²) in [5.74, 6) is -0.249. The summed E-state index contributed by atoms with van der Waals surface area (Å²) < 4.78 is 28.4. The van der Waals surface area contributed by atoms with Crippen LogP contribution < -0.4 is 10.0 Å². The Morgan fingerprint density at radius 2 is 1.68 bits per heavy atom. The molecule has 0 aliphatic heterocycles. The second-order valence-corrected chi connectivity index (χ2v) is 9.85. The number of aryl methyl sites for hydroxylation is 4. The molecule has 0 unspecified atom stereocenters. The van der Waals surface area contributed by atoms with Crippen LogP contribution in [0, 0.1) is 27.7 Å². The highest BCUT2D eigenvalue weighted by atomic mass is 32.2. The van der Waals surface area contributed by atoms with Crippen molar-refractivity contribution in [2.45, 2.75) is 32.6 Å². The van der Waals surface area contributed by atoms with Crippen LogP contribution in [0.2, 0.25) is 0 Å². The van der Waals surface area contributed by atoms with E-state index in [9.17, 15) is 13.2 Å². The van der Waals surface area contributed by atoms with Crippen LogP contribution in [0.15, 0.2) is 53.4 Å². The first-order valence-corrected chi connectivity index (χ1v) is 11.0. The zero-order chi connectivity index (χ0) is 20.5. The van der Waals surface area contributed by atoms with Crippen molar-refractivity contribution in [3.63, 3.8) is 0 Å². The molecule has 0 saturated carbocycles. The number of thiophene rings is 1. The molecule has 0 fully saturated rings. The van der Waals surface area contributed by atoms with Gasteiger partial charge in [0.15, 0.2) is 0 Å². The van der Waals surface area contributed by atoms with Crippen molar-refractivity contribution >= 4 is 38.6 Å². The van der Waals surface area contributed by atoms with Crippen LogP contribution in [-0.4, -0.2) is 14.3 Å². The fourth-order valence-electron chi connectivity index (χ4n) is 2.94. The van der Waals surface area contributed by atoms with Gasteiger partial charge in [-0.2, -0.15) is 0 Å². The van der Waals surface area contributed by atoms with Crippen LogP contribution in [0.25, 0.3) is 0 Å². The van der Waals surface area contributed by atoms with Crippen LogP contribution in [0.4, 0.5) is 11.4 Å². The SMILES string of the molecule is Cc1cccc(NS(=O)(=O)c2cc(NC(=O)c3cc(C)sc3C)ccc2C)c1. The number of hydrogen-bond donors (Lipinski definition) is 2. The molecule has 3 rings (SSSR count). The summed E-state index contributed by atoms with van der Waals surface area (Å²) in [7, 11) is -3.79. The monoisotopic (exact) mass is 414 g/mol. The molecule has 0 aliphatic rings. The Bertz CT molecular complexity index is 1150. The van der Waals surface area contributed by atoms with E-state index in [0.29, 0.717) is 22.5 Å².